The van der Waals surface area contributed by atoms with Gasteiger partial charge < -0.3 is 10.1 Å². The fourth-order valence-corrected chi connectivity index (χ4v) is 4.44. The summed E-state index contributed by atoms with van der Waals surface area (Å²) in [5.74, 6) is 0.360. The van der Waals surface area contributed by atoms with Crippen molar-refractivity contribution in [2.75, 3.05) is 16.8 Å². The molecule has 0 aromatic heterocycles. The van der Waals surface area contributed by atoms with Crippen LogP contribution in [0.15, 0.2) is 89.9 Å². The van der Waals surface area contributed by atoms with Gasteiger partial charge in [-0.2, -0.15) is 0 Å². The highest BCUT2D eigenvalue weighted by Crippen LogP contribution is 2.35. The molecule has 2 amide bonds. The predicted molar refractivity (Wildman–Crippen MR) is 130 cm³/mol. The van der Waals surface area contributed by atoms with Crippen molar-refractivity contribution in [3.63, 3.8) is 0 Å². The number of hydrogen-bond acceptors (Lipinski definition) is 5. The zero-order valence-electron chi connectivity index (χ0n) is 17.6. The van der Waals surface area contributed by atoms with Crippen LogP contribution in [0.25, 0.3) is 0 Å². The van der Waals surface area contributed by atoms with Gasteiger partial charge in [0, 0.05) is 12.1 Å². The Morgan fingerprint density at radius 3 is 2.31 bits per heavy atom. The number of ether oxygens (including phenoxy) is 1. The Morgan fingerprint density at radius 2 is 1.66 bits per heavy atom. The number of carbonyl (C=O) groups is 2. The van der Waals surface area contributed by atoms with Crippen LogP contribution in [0, 0.1) is 0 Å². The van der Waals surface area contributed by atoms with Crippen molar-refractivity contribution in [2.45, 2.75) is 18.6 Å². The molecular formula is C25H23N3O3S. The van der Waals surface area contributed by atoms with Gasteiger partial charge in [-0.3, -0.25) is 14.5 Å². The van der Waals surface area contributed by atoms with E-state index in [9.17, 15) is 9.59 Å². The minimum Gasteiger partial charge on any atom is -0.494 e. The molecule has 0 unspecified atom stereocenters. The molecule has 0 saturated carbocycles. The molecular weight excluding hydrogens is 422 g/mol. The molecule has 162 valence electrons. The van der Waals surface area contributed by atoms with Crippen LogP contribution in [-0.4, -0.2) is 28.8 Å². The molecule has 6 nitrogen and oxygen atoms in total. The molecule has 0 radical (unpaired) electrons. The van der Waals surface area contributed by atoms with Gasteiger partial charge in [0.1, 0.15) is 11.0 Å². The average molecular weight is 446 g/mol. The Bertz CT molecular complexity index is 1100. The SMILES string of the molecule is CCOc1ccc(NC(=O)C[C@@H]2SC(=Nc3ccccc3)N(c3ccccc3)C2=O)cc1. The van der Waals surface area contributed by atoms with Gasteiger partial charge in [-0.15, -0.1) is 0 Å². The van der Waals surface area contributed by atoms with Gasteiger partial charge in [0.2, 0.25) is 11.8 Å². The quantitative estimate of drug-likeness (QED) is 0.539. The smallest absolute Gasteiger partial charge is 0.247 e. The monoisotopic (exact) mass is 445 g/mol. The molecule has 1 saturated heterocycles. The number of thioether (sulfide) groups is 1. The maximum Gasteiger partial charge on any atom is 0.247 e. The molecule has 1 atom stereocenters. The molecule has 1 aliphatic heterocycles. The lowest BCUT2D eigenvalue weighted by Crippen LogP contribution is -2.33. The maximum absolute atomic E-state index is 13.2. The number of nitrogens with zero attached hydrogens (tertiary/aromatic N) is 2. The highest BCUT2D eigenvalue weighted by Gasteiger charge is 2.40. The number of aliphatic imine (C=N–C) groups is 1. The summed E-state index contributed by atoms with van der Waals surface area (Å²) in [6, 6.07) is 26.0. The van der Waals surface area contributed by atoms with E-state index in [-0.39, 0.29) is 18.2 Å². The number of anilines is 2. The third-order valence-electron chi connectivity index (χ3n) is 4.75. The zero-order chi connectivity index (χ0) is 22.3. The Labute approximate surface area is 191 Å². The van der Waals surface area contributed by atoms with Gasteiger partial charge in [-0.1, -0.05) is 48.2 Å². The van der Waals surface area contributed by atoms with Gasteiger partial charge in [0.05, 0.1) is 18.0 Å². The second kappa shape index (κ2) is 10.2. The van der Waals surface area contributed by atoms with E-state index >= 15 is 0 Å². The van der Waals surface area contributed by atoms with E-state index in [0.29, 0.717) is 17.5 Å². The summed E-state index contributed by atoms with van der Waals surface area (Å²) in [6.07, 6.45) is 0.0495. The molecule has 0 spiro atoms. The van der Waals surface area contributed by atoms with Gasteiger partial charge in [-0.05, 0) is 55.5 Å². The van der Waals surface area contributed by atoms with Crippen LogP contribution >= 0.6 is 11.8 Å². The third-order valence-corrected chi connectivity index (χ3v) is 5.89. The van der Waals surface area contributed by atoms with Crippen LogP contribution in [0.4, 0.5) is 17.1 Å². The number of rotatable bonds is 7. The van der Waals surface area contributed by atoms with Crippen LogP contribution in [0.5, 0.6) is 5.75 Å². The molecule has 3 aromatic carbocycles. The fraction of sp³-hybridized carbons (Fsp3) is 0.160. The van der Waals surface area contributed by atoms with Crippen molar-refractivity contribution in [1.29, 1.82) is 0 Å². The molecule has 1 fully saturated rings. The Hall–Kier alpha value is -3.58. The van der Waals surface area contributed by atoms with Crippen LogP contribution in [-0.2, 0) is 9.59 Å². The summed E-state index contributed by atoms with van der Waals surface area (Å²) in [6.45, 7) is 2.50. The van der Waals surface area contributed by atoms with Crippen molar-refractivity contribution in [2.24, 2.45) is 4.99 Å². The summed E-state index contributed by atoms with van der Waals surface area (Å²) in [5, 5.41) is 2.87. The summed E-state index contributed by atoms with van der Waals surface area (Å²) < 4.78 is 5.42. The summed E-state index contributed by atoms with van der Waals surface area (Å²) in [5.41, 5.74) is 2.14. The van der Waals surface area contributed by atoms with E-state index in [1.54, 1.807) is 29.2 Å². The largest absolute Gasteiger partial charge is 0.494 e. The number of para-hydroxylation sites is 2. The highest BCUT2D eigenvalue weighted by atomic mass is 32.2. The van der Waals surface area contributed by atoms with Crippen molar-refractivity contribution >= 4 is 45.8 Å². The van der Waals surface area contributed by atoms with E-state index in [1.807, 2.05) is 67.6 Å². The molecule has 3 aromatic rings. The topological polar surface area (TPSA) is 71.0 Å². The van der Waals surface area contributed by atoms with Gasteiger partial charge >= 0.3 is 0 Å². The number of amidine groups is 1. The van der Waals surface area contributed by atoms with Crippen LogP contribution in [0.1, 0.15) is 13.3 Å². The lowest BCUT2D eigenvalue weighted by Gasteiger charge is -2.16. The van der Waals surface area contributed by atoms with Crippen LogP contribution < -0.4 is 15.0 Å². The zero-order valence-corrected chi connectivity index (χ0v) is 18.4. The van der Waals surface area contributed by atoms with E-state index in [1.165, 1.54) is 11.8 Å². The lowest BCUT2D eigenvalue weighted by molar-refractivity contribution is -0.121. The molecule has 0 aliphatic carbocycles. The predicted octanol–water partition coefficient (Wildman–Crippen LogP) is 5.25. The normalized spacial score (nSPS) is 16.9. The minimum atomic E-state index is -0.555. The first-order chi connectivity index (χ1) is 15.6. The number of hydrogen-bond donors (Lipinski definition) is 1. The number of amides is 2. The highest BCUT2D eigenvalue weighted by molar-refractivity contribution is 8.16. The first-order valence-electron chi connectivity index (χ1n) is 10.4. The van der Waals surface area contributed by atoms with E-state index in [2.05, 4.69) is 10.3 Å². The summed E-state index contributed by atoms with van der Waals surface area (Å²) in [7, 11) is 0. The third kappa shape index (κ3) is 5.18. The van der Waals surface area contributed by atoms with Gasteiger partial charge in [0.25, 0.3) is 0 Å². The van der Waals surface area contributed by atoms with Gasteiger partial charge in [0.15, 0.2) is 5.17 Å². The standard InChI is InChI=1S/C25H23N3O3S/c1-2-31-21-15-13-19(14-16-21)26-23(29)17-22-24(30)28(20-11-7-4-8-12-20)25(32-22)27-18-9-5-3-6-10-18/h3-16,22H,2,17H2,1H3,(H,26,29)/t22-/m0/s1. The van der Waals surface area contributed by atoms with Crippen molar-refractivity contribution < 1.29 is 14.3 Å². The summed E-state index contributed by atoms with van der Waals surface area (Å²) >= 11 is 1.31. The Balaban J connectivity index is 1.51. The number of nitrogens with one attached hydrogen (secondary N) is 1. The molecule has 32 heavy (non-hydrogen) atoms. The van der Waals surface area contributed by atoms with Crippen molar-refractivity contribution in [1.82, 2.24) is 0 Å². The van der Waals surface area contributed by atoms with Crippen molar-refractivity contribution in [3.8, 4) is 5.75 Å². The second-order valence-electron chi connectivity index (χ2n) is 7.06. The first-order valence-corrected chi connectivity index (χ1v) is 11.2. The van der Waals surface area contributed by atoms with E-state index in [0.717, 1.165) is 17.1 Å². The van der Waals surface area contributed by atoms with Crippen molar-refractivity contribution in [3.05, 3.63) is 84.9 Å². The second-order valence-corrected chi connectivity index (χ2v) is 8.23. The molecule has 1 heterocycles. The van der Waals surface area contributed by atoms with Gasteiger partial charge in [-0.25, -0.2) is 4.99 Å². The van der Waals surface area contributed by atoms with Crippen LogP contribution in [0.2, 0.25) is 0 Å². The number of benzene rings is 3. The van der Waals surface area contributed by atoms with E-state index < -0.39 is 5.25 Å². The van der Waals surface area contributed by atoms with E-state index in [4.69, 9.17) is 4.74 Å². The number of carbonyl (C=O) groups excluding carboxylic acids is 2. The molecule has 4 rings (SSSR count). The maximum atomic E-state index is 13.2. The Morgan fingerprint density at radius 1 is 1.00 bits per heavy atom. The molecule has 1 N–H and O–H groups in total. The molecule has 0 bridgehead atoms. The average Bonchev–Trinajstić information content (AvgIpc) is 3.11. The first kappa shape index (κ1) is 21.6. The molecule has 1 aliphatic rings. The minimum absolute atomic E-state index is 0.0495. The summed E-state index contributed by atoms with van der Waals surface area (Å²) in [4.78, 5) is 32.2. The van der Waals surface area contributed by atoms with Crippen LogP contribution in [0.3, 0.4) is 0 Å². The Kier molecular flexibility index (Phi) is 6.87. The molecule has 7 heteroatoms. The lowest BCUT2D eigenvalue weighted by atomic mass is 10.2. The fourth-order valence-electron chi connectivity index (χ4n) is 3.28.